The molecule has 0 amide bonds. The van der Waals surface area contributed by atoms with E-state index in [1.54, 1.807) is 13.3 Å². The number of hydrogen-bond acceptors (Lipinski definition) is 3. The van der Waals surface area contributed by atoms with Crippen LogP contribution >= 0.6 is 0 Å². The summed E-state index contributed by atoms with van der Waals surface area (Å²) in [4.78, 5) is 4.01. The van der Waals surface area contributed by atoms with Crippen molar-refractivity contribution in [1.82, 2.24) is 4.98 Å². The van der Waals surface area contributed by atoms with Crippen LogP contribution in [0.25, 0.3) is 0 Å². The van der Waals surface area contributed by atoms with Crippen molar-refractivity contribution in [3.8, 4) is 17.7 Å². The molecule has 80 valence electrons. The van der Waals surface area contributed by atoms with E-state index in [9.17, 15) is 0 Å². The number of nitrogens with two attached hydrogens (primary N) is 1. The lowest BCUT2D eigenvalue weighted by molar-refractivity contribution is 0.398. The third kappa shape index (κ3) is 4.48. The summed E-state index contributed by atoms with van der Waals surface area (Å²) < 4.78 is 5.00. The highest BCUT2D eigenvalue weighted by molar-refractivity contribution is 5.35. The van der Waals surface area contributed by atoms with Crippen molar-refractivity contribution < 1.29 is 4.74 Å². The first-order chi connectivity index (χ1) is 7.36. The van der Waals surface area contributed by atoms with Crippen LogP contribution in [0.2, 0.25) is 0 Å². The number of pyridine rings is 1. The van der Waals surface area contributed by atoms with Crippen molar-refractivity contribution in [3.63, 3.8) is 0 Å². The van der Waals surface area contributed by atoms with Gasteiger partial charge in [-0.3, -0.25) is 0 Å². The van der Waals surface area contributed by atoms with Gasteiger partial charge < -0.3 is 10.5 Å². The fourth-order valence-electron chi connectivity index (χ4n) is 1.12. The average molecular weight is 204 g/mol. The molecule has 0 aliphatic heterocycles. The van der Waals surface area contributed by atoms with Gasteiger partial charge in [-0.05, 0) is 25.5 Å². The van der Waals surface area contributed by atoms with Gasteiger partial charge in [-0.15, -0.1) is 0 Å². The Morgan fingerprint density at radius 2 is 2.33 bits per heavy atom. The van der Waals surface area contributed by atoms with Gasteiger partial charge in [0.1, 0.15) is 0 Å². The number of hydrogen-bond donors (Lipinski definition) is 1. The quantitative estimate of drug-likeness (QED) is 0.598. The molecule has 1 aromatic rings. The van der Waals surface area contributed by atoms with Gasteiger partial charge in [-0.2, -0.15) is 0 Å². The van der Waals surface area contributed by atoms with E-state index < -0.39 is 0 Å². The molecule has 1 aromatic heterocycles. The minimum absolute atomic E-state index is 0.601. The van der Waals surface area contributed by atoms with E-state index in [0.717, 1.165) is 31.4 Å². The van der Waals surface area contributed by atoms with Crippen LogP contribution in [0.4, 0.5) is 0 Å². The normalized spacial score (nSPS) is 9.20. The average Bonchev–Trinajstić information content (AvgIpc) is 2.29. The number of aromatic nitrogens is 1. The Labute approximate surface area is 90.7 Å². The predicted molar refractivity (Wildman–Crippen MR) is 60.6 cm³/mol. The number of ether oxygens (including phenoxy) is 1. The van der Waals surface area contributed by atoms with Crippen LogP contribution in [0.15, 0.2) is 18.3 Å². The second kappa shape index (κ2) is 6.86. The number of unbranched alkanes of at least 4 members (excludes halogenated alkanes) is 2. The van der Waals surface area contributed by atoms with E-state index in [1.807, 2.05) is 12.1 Å². The van der Waals surface area contributed by atoms with Crippen molar-refractivity contribution in [2.45, 2.75) is 19.3 Å². The zero-order valence-electron chi connectivity index (χ0n) is 8.99. The lowest BCUT2D eigenvalue weighted by atomic mass is 10.2. The zero-order valence-corrected chi connectivity index (χ0v) is 8.99. The zero-order chi connectivity index (χ0) is 10.9. The second-order valence-corrected chi connectivity index (χ2v) is 3.13. The fourth-order valence-corrected chi connectivity index (χ4v) is 1.12. The second-order valence-electron chi connectivity index (χ2n) is 3.13. The van der Waals surface area contributed by atoms with Crippen LogP contribution in [0, 0.1) is 11.8 Å². The summed E-state index contributed by atoms with van der Waals surface area (Å²) in [6.45, 7) is 0.741. The largest absolute Gasteiger partial charge is 0.481 e. The summed E-state index contributed by atoms with van der Waals surface area (Å²) in [5, 5.41) is 0. The molecule has 1 heterocycles. The first-order valence-electron chi connectivity index (χ1n) is 5.06. The van der Waals surface area contributed by atoms with Gasteiger partial charge in [0.05, 0.1) is 7.11 Å². The van der Waals surface area contributed by atoms with Gasteiger partial charge in [0.25, 0.3) is 0 Å². The Balaban J connectivity index is 2.48. The molecule has 0 spiro atoms. The van der Waals surface area contributed by atoms with E-state index in [0.29, 0.717) is 5.88 Å². The van der Waals surface area contributed by atoms with Gasteiger partial charge in [-0.1, -0.05) is 11.8 Å². The minimum atomic E-state index is 0.601. The third-order valence-electron chi connectivity index (χ3n) is 1.93. The van der Waals surface area contributed by atoms with E-state index in [1.165, 1.54) is 0 Å². The Hall–Kier alpha value is -1.53. The topological polar surface area (TPSA) is 48.1 Å². The highest BCUT2D eigenvalue weighted by atomic mass is 16.5. The molecule has 0 saturated heterocycles. The molecular weight excluding hydrogens is 188 g/mol. The first kappa shape index (κ1) is 11.5. The van der Waals surface area contributed by atoms with Crippen molar-refractivity contribution >= 4 is 0 Å². The van der Waals surface area contributed by atoms with Gasteiger partial charge >= 0.3 is 0 Å². The highest BCUT2D eigenvalue weighted by Gasteiger charge is 1.92. The summed E-state index contributed by atoms with van der Waals surface area (Å²) in [7, 11) is 1.60. The molecule has 0 aliphatic carbocycles. The Kier molecular flexibility index (Phi) is 5.28. The number of rotatable bonds is 4. The van der Waals surface area contributed by atoms with Crippen molar-refractivity contribution in [2.75, 3.05) is 13.7 Å². The smallest absolute Gasteiger partial charge is 0.214 e. The number of methoxy groups -OCH3 is 1. The van der Waals surface area contributed by atoms with Crippen LogP contribution in [0.3, 0.4) is 0 Å². The van der Waals surface area contributed by atoms with Crippen LogP contribution in [0.1, 0.15) is 24.8 Å². The Morgan fingerprint density at radius 1 is 1.47 bits per heavy atom. The van der Waals surface area contributed by atoms with Crippen LogP contribution in [0.5, 0.6) is 5.88 Å². The molecule has 2 N–H and O–H groups in total. The fraction of sp³-hybridized carbons (Fsp3) is 0.417. The molecule has 0 radical (unpaired) electrons. The van der Waals surface area contributed by atoms with Crippen molar-refractivity contribution in [1.29, 1.82) is 0 Å². The highest BCUT2D eigenvalue weighted by Crippen LogP contribution is 2.06. The van der Waals surface area contributed by atoms with Gasteiger partial charge in [0.2, 0.25) is 5.88 Å². The molecule has 0 unspecified atom stereocenters. The van der Waals surface area contributed by atoms with Gasteiger partial charge in [-0.25, -0.2) is 4.98 Å². The standard InChI is InChI=1S/C12H16N2O/c1-15-12-10-11(7-9-14-12)6-4-2-3-5-8-13/h7,9-10H,2-3,5,8,13H2,1H3. The van der Waals surface area contributed by atoms with E-state index in [-0.39, 0.29) is 0 Å². The molecule has 0 aromatic carbocycles. The molecule has 0 fully saturated rings. The Bertz CT molecular complexity index is 352. The summed E-state index contributed by atoms with van der Waals surface area (Å²) in [5.41, 5.74) is 6.33. The Morgan fingerprint density at radius 3 is 3.07 bits per heavy atom. The molecule has 15 heavy (non-hydrogen) atoms. The molecule has 0 bridgehead atoms. The summed E-state index contributed by atoms with van der Waals surface area (Å²) in [6.07, 6.45) is 4.69. The SMILES string of the molecule is COc1cc(C#CCCCCN)ccn1. The first-order valence-corrected chi connectivity index (χ1v) is 5.06. The maximum absolute atomic E-state index is 5.39. The molecule has 0 atom stereocenters. The van der Waals surface area contributed by atoms with Crippen molar-refractivity contribution in [2.24, 2.45) is 5.73 Å². The predicted octanol–water partition coefficient (Wildman–Crippen LogP) is 1.57. The van der Waals surface area contributed by atoms with E-state index >= 15 is 0 Å². The number of nitrogens with zero attached hydrogens (tertiary/aromatic N) is 1. The monoisotopic (exact) mass is 204 g/mol. The van der Waals surface area contributed by atoms with E-state index in [2.05, 4.69) is 16.8 Å². The maximum atomic E-state index is 5.39. The van der Waals surface area contributed by atoms with Crippen LogP contribution in [-0.2, 0) is 0 Å². The lowest BCUT2D eigenvalue weighted by Crippen LogP contribution is -1.96. The summed E-state index contributed by atoms with van der Waals surface area (Å²) >= 11 is 0. The van der Waals surface area contributed by atoms with Crippen LogP contribution in [-0.4, -0.2) is 18.6 Å². The summed E-state index contributed by atoms with van der Waals surface area (Å²) in [6, 6.07) is 3.70. The molecular formula is C12H16N2O. The van der Waals surface area contributed by atoms with Crippen LogP contribution < -0.4 is 10.5 Å². The minimum Gasteiger partial charge on any atom is -0.481 e. The van der Waals surface area contributed by atoms with Gasteiger partial charge in [0.15, 0.2) is 0 Å². The molecule has 0 aliphatic rings. The molecule has 3 heteroatoms. The lowest BCUT2D eigenvalue weighted by Gasteiger charge is -1.96. The molecule has 1 rings (SSSR count). The summed E-state index contributed by atoms with van der Waals surface area (Å²) in [5.74, 6) is 6.77. The van der Waals surface area contributed by atoms with E-state index in [4.69, 9.17) is 10.5 Å². The maximum Gasteiger partial charge on any atom is 0.214 e. The third-order valence-corrected chi connectivity index (χ3v) is 1.93. The van der Waals surface area contributed by atoms with Gasteiger partial charge in [0, 0.05) is 24.2 Å². The molecule has 0 saturated carbocycles. The van der Waals surface area contributed by atoms with Crippen molar-refractivity contribution in [3.05, 3.63) is 23.9 Å². The molecule has 3 nitrogen and oxygen atoms in total.